The van der Waals surface area contributed by atoms with Crippen LogP contribution in [0.25, 0.3) is 0 Å². The quantitative estimate of drug-likeness (QED) is 0.482. The Balaban J connectivity index is -0.000000337. The molecule has 0 aliphatic carbocycles. The second-order valence-electron chi connectivity index (χ2n) is 3.51. The fraction of sp³-hybridized carbons (Fsp3) is 0.923. The van der Waals surface area contributed by atoms with Gasteiger partial charge in [-0.15, -0.1) is 0 Å². The van der Waals surface area contributed by atoms with Gasteiger partial charge < -0.3 is 4.90 Å². The van der Waals surface area contributed by atoms with Crippen LogP contribution in [0.4, 0.5) is 4.53 Å². The molecule has 0 aromatic carbocycles. The highest BCUT2D eigenvalue weighted by Crippen LogP contribution is 2.04. The molecule has 0 fully saturated rings. The Hall–Kier alpha value is -0.640. The van der Waals surface area contributed by atoms with Gasteiger partial charge in [0, 0.05) is 13.6 Å². The average molecular weight is 251 g/mol. The fourth-order valence-electron chi connectivity index (χ4n) is 1.19. The largest absolute Gasteiger partial charge is 0.348 e. The van der Waals surface area contributed by atoms with Crippen molar-refractivity contribution < 1.29 is 14.3 Å². The predicted octanol–water partition coefficient (Wildman–Crippen LogP) is 3.98. The summed E-state index contributed by atoms with van der Waals surface area (Å²) in [5, 5.41) is 0. The van der Waals surface area contributed by atoms with Gasteiger partial charge in [0.1, 0.15) is 0 Å². The maximum atomic E-state index is 10.2. The minimum absolute atomic E-state index is 0.895. The lowest BCUT2D eigenvalue weighted by molar-refractivity contribution is -0.117. The van der Waals surface area contributed by atoms with Gasteiger partial charge in [0.05, 0.1) is 7.11 Å². The van der Waals surface area contributed by atoms with E-state index in [4.69, 9.17) is 0 Å². The zero-order valence-electron chi connectivity index (χ0n) is 12.2. The smallest absolute Gasteiger partial charge is 0.209 e. The molecular weight excluding hydrogens is 221 g/mol. The first kappa shape index (κ1) is 21.6. The van der Waals surface area contributed by atoms with Crippen molar-refractivity contribution in [3.05, 3.63) is 0 Å². The van der Waals surface area contributed by atoms with Crippen molar-refractivity contribution >= 4 is 6.41 Å². The van der Waals surface area contributed by atoms with Crippen LogP contribution in [0.1, 0.15) is 59.3 Å². The number of halogens is 1. The summed E-state index contributed by atoms with van der Waals surface area (Å²) in [4.78, 5) is 14.7. The molecule has 0 N–H and O–H groups in total. The number of hydrogen-bond acceptors (Lipinski definition) is 2. The molecule has 4 heteroatoms. The van der Waals surface area contributed by atoms with Gasteiger partial charge in [-0.2, -0.15) is 4.94 Å². The lowest BCUT2D eigenvalue weighted by Crippen LogP contribution is -2.16. The van der Waals surface area contributed by atoms with Crippen LogP contribution in [0, 0.1) is 0 Å². The van der Waals surface area contributed by atoms with E-state index < -0.39 is 0 Å². The molecule has 0 atom stereocenters. The SMILES string of the molecule is CC.CCCCCCCCN(C)C=O.COF. The molecule has 0 radical (unpaired) electrons. The molecule has 0 spiro atoms. The van der Waals surface area contributed by atoms with Crippen molar-refractivity contribution in [3.8, 4) is 0 Å². The summed E-state index contributed by atoms with van der Waals surface area (Å²) in [7, 11) is 2.79. The third kappa shape index (κ3) is 31.3. The van der Waals surface area contributed by atoms with E-state index in [0.29, 0.717) is 0 Å². The molecule has 0 saturated carbocycles. The molecular formula is C13H30FNO2. The number of rotatable bonds is 8. The maximum Gasteiger partial charge on any atom is 0.209 e. The minimum Gasteiger partial charge on any atom is -0.348 e. The topological polar surface area (TPSA) is 29.5 Å². The second kappa shape index (κ2) is 24.5. The summed E-state index contributed by atoms with van der Waals surface area (Å²) in [6, 6.07) is 0. The maximum absolute atomic E-state index is 10.2. The normalized spacial score (nSPS) is 8.35. The third-order valence-electron chi connectivity index (χ3n) is 2.04. The van der Waals surface area contributed by atoms with E-state index in [-0.39, 0.29) is 0 Å². The molecule has 0 bridgehead atoms. The number of hydrogen-bond donors (Lipinski definition) is 0. The Kier molecular flexibility index (Phi) is 31.2. The van der Waals surface area contributed by atoms with E-state index in [1.807, 2.05) is 20.9 Å². The monoisotopic (exact) mass is 251 g/mol. The Bertz CT molecular complexity index is 124. The summed E-state index contributed by atoms with van der Waals surface area (Å²) >= 11 is 0. The Morgan fingerprint density at radius 1 is 1.12 bits per heavy atom. The number of carbonyl (C=O) groups excluding carboxylic acids is 1. The number of unbranched alkanes of at least 4 members (excludes halogenated alkanes) is 5. The van der Waals surface area contributed by atoms with Gasteiger partial charge in [0.2, 0.25) is 6.41 Å². The first-order valence-corrected chi connectivity index (χ1v) is 6.53. The number of nitrogens with zero attached hydrogens (tertiary/aromatic N) is 1. The lowest BCUT2D eigenvalue weighted by atomic mass is 10.1. The van der Waals surface area contributed by atoms with Crippen LogP contribution in [-0.2, 0) is 9.74 Å². The Morgan fingerprint density at radius 2 is 1.53 bits per heavy atom. The first-order valence-electron chi connectivity index (χ1n) is 6.53. The lowest BCUT2D eigenvalue weighted by Gasteiger charge is -2.09. The molecule has 0 heterocycles. The van der Waals surface area contributed by atoms with E-state index in [9.17, 15) is 9.32 Å². The van der Waals surface area contributed by atoms with Crippen molar-refractivity contribution in [1.82, 2.24) is 4.90 Å². The molecule has 0 rings (SSSR count). The zero-order chi connectivity index (χ0) is 13.9. The number of amides is 1. The van der Waals surface area contributed by atoms with E-state index in [1.54, 1.807) is 4.90 Å². The standard InChI is InChI=1S/C10H21NO.C2H6.CH3FO/c1-3-4-5-6-7-8-9-11(2)10-12;1-2;1-3-2/h10H,3-9H2,1-2H3;1-2H3;1H3. The van der Waals surface area contributed by atoms with Gasteiger partial charge in [-0.05, 0) is 10.9 Å². The van der Waals surface area contributed by atoms with Crippen molar-refractivity contribution in [1.29, 1.82) is 0 Å². The molecule has 106 valence electrons. The highest BCUT2D eigenvalue weighted by atomic mass is 19.3. The predicted molar refractivity (Wildman–Crippen MR) is 71.5 cm³/mol. The Morgan fingerprint density at radius 3 is 1.94 bits per heavy atom. The van der Waals surface area contributed by atoms with Crippen molar-refractivity contribution in [2.45, 2.75) is 59.3 Å². The van der Waals surface area contributed by atoms with Crippen molar-refractivity contribution in [2.75, 3.05) is 20.7 Å². The molecule has 0 aromatic heterocycles. The highest BCUT2D eigenvalue weighted by molar-refractivity contribution is 5.46. The van der Waals surface area contributed by atoms with Gasteiger partial charge in [-0.1, -0.05) is 52.9 Å². The molecule has 1 amide bonds. The molecule has 17 heavy (non-hydrogen) atoms. The van der Waals surface area contributed by atoms with E-state index in [0.717, 1.165) is 26.5 Å². The van der Waals surface area contributed by atoms with Crippen LogP contribution in [0.2, 0.25) is 0 Å². The van der Waals surface area contributed by atoms with E-state index in [1.165, 1.54) is 32.1 Å². The summed E-state index contributed by atoms with van der Waals surface area (Å²) in [6.45, 7) is 7.13. The van der Waals surface area contributed by atoms with Gasteiger partial charge >= 0.3 is 0 Å². The van der Waals surface area contributed by atoms with E-state index >= 15 is 0 Å². The van der Waals surface area contributed by atoms with Gasteiger partial charge in [0.25, 0.3) is 0 Å². The molecule has 0 aromatic rings. The molecule has 0 saturated heterocycles. The molecule has 0 aliphatic rings. The highest BCUT2D eigenvalue weighted by Gasteiger charge is 1.93. The number of carbonyl (C=O) groups is 1. The minimum atomic E-state index is 0.895. The Labute approximate surface area is 106 Å². The third-order valence-corrected chi connectivity index (χ3v) is 2.04. The van der Waals surface area contributed by atoms with Crippen molar-refractivity contribution in [3.63, 3.8) is 0 Å². The summed E-state index contributed by atoms with van der Waals surface area (Å²) < 4.78 is 9.79. The van der Waals surface area contributed by atoms with Crippen LogP contribution in [-0.4, -0.2) is 32.0 Å². The van der Waals surface area contributed by atoms with Gasteiger partial charge in [-0.3, -0.25) is 4.79 Å². The van der Waals surface area contributed by atoms with Crippen LogP contribution >= 0.6 is 0 Å². The first-order chi connectivity index (χ1) is 8.22. The van der Waals surface area contributed by atoms with Crippen LogP contribution in [0.5, 0.6) is 0 Å². The van der Waals surface area contributed by atoms with Gasteiger partial charge in [-0.25, -0.2) is 0 Å². The van der Waals surface area contributed by atoms with Crippen LogP contribution < -0.4 is 0 Å². The fourth-order valence-corrected chi connectivity index (χ4v) is 1.19. The van der Waals surface area contributed by atoms with Crippen LogP contribution in [0.15, 0.2) is 0 Å². The van der Waals surface area contributed by atoms with Crippen molar-refractivity contribution in [2.24, 2.45) is 0 Å². The molecule has 0 unspecified atom stereocenters. The summed E-state index contributed by atoms with van der Waals surface area (Å²) in [5.74, 6) is 0. The molecule has 3 nitrogen and oxygen atoms in total. The molecule has 0 aliphatic heterocycles. The van der Waals surface area contributed by atoms with E-state index in [2.05, 4.69) is 11.9 Å². The average Bonchev–Trinajstić information content (AvgIpc) is 2.36. The zero-order valence-corrected chi connectivity index (χ0v) is 12.2. The van der Waals surface area contributed by atoms with Crippen LogP contribution in [0.3, 0.4) is 0 Å². The summed E-state index contributed by atoms with van der Waals surface area (Å²) in [6.07, 6.45) is 8.63. The second-order valence-corrected chi connectivity index (χ2v) is 3.51. The van der Waals surface area contributed by atoms with Gasteiger partial charge in [0.15, 0.2) is 0 Å². The summed E-state index contributed by atoms with van der Waals surface area (Å²) in [5.41, 5.74) is 0.